The van der Waals surface area contributed by atoms with Crippen LogP contribution in [0.2, 0.25) is 0 Å². The Bertz CT molecular complexity index is 281. The molecule has 0 saturated heterocycles. The van der Waals surface area contributed by atoms with Crippen LogP contribution >= 0.6 is 0 Å². The van der Waals surface area contributed by atoms with Crippen LogP contribution in [0, 0.1) is 5.92 Å². The molecular weight excluding hydrogens is 246 g/mol. The van der Waals surface area contributed by atoms with E-state index in [0.717, 1.165) is 25.7 Å². The van der Waals surface area contributed by atoms with Crippen molar-refractivity contribution in [3.05, 3.63) is 0 Å². The standard InChI is InChI=1S/C14H27NO4/c1-4-6-8-12(14(18)19)15(9-7-5-2)10-11(3)13(16)17/h11-12H,4-10H2,1-3H3,(H,16,17)(H,18,19). The molecule has 2 N–H and O–H groups in total. The van der Waals surface area contributed by atoms with Crippen molar-refractivity contribution in [3.8, 4) is 0 Å². The summed E-state index contributed by atoms with van der Waals surface area (Å²) in [6, 6.07) is -0.562. The highest BCUT2D eigenvalue weighted by atomic mass is 16.4. The summed E-state index contributed by atoms with van der Waals surface area (Å²) in [6.07, 6.45) is 4.24. The van der Waals surface area contributed by atoms with Crippen molar-refractivity contribution in [1.82, 2.24) is 4.90 Å². The SMILES string of the molecule is CCCCC(C(=O)O)N(CCCC)CC(C)C(=O)O. The molecule has 0 radical (unpaired) electrons. The monoisotopic (exact) mass is 273 g/mol. The van der Waals surface area contributed by atoms with Gasteiger partial charge in [-0.15, -0.1) is 0 Å². The maximum absolute atomic E-state index is 11.4. The number of nitrogens with zero attached hydrogens (tertiary/aromatic N) is 1. The molecule has 0 aromatic rings. The summed E-state index contributed by atoms with van der Waals surface area (Å²) in [6.45, 7) is 6.64. The summed E-state index contributed by atoms with van der Waals surface area (Å²) in [5.41, 5.74) is 0. The van der Waals surface area contributed by atoms with Gasteiger partial charge in [0.05, 0.1) is 5.92 Å². The summed E-state index contributed by atoms with van der Waals surface area (Å²) in [5.74, 6) is -2.26. The van der Waals surface area contributed by atoms with Crippen LogP contribution in [-0.2, 0) is 9.59 Å². The van der Waals surface area contributed by atoms with E-state index in [-0.39, 0.29) is 0 Å². The third-order valence-electron chi connectivity index (χ3n) is 3.29. The van der Waals surface area contributed by atoms with Gasteiger partial charge in [0.2, 0.25) is 0 Å². The number of hydrogen-bond donors (Lipinski definition) is 2. The van der Waals surface area contributed by atoms with E-state index in [1.165, 1.54) is 0 Å². The number of aliphatic carboxylic acids is 2. The molecule has 2 atom stereocenters. The van der Waals surface area contributed by atoms with Gasteiger partial charge in [0, 0.05) is 6.54 Å². The molecular formula is C14H27NO4. The first-order valence-electron chi connectivity index (χ1n) is 7.13. The summed E-state index contributed by atoms with van der Waals surface area (Å²) in [5, 5.41) is 18.3. The smallest absolute Gasteiger partial charge is 0.320 e. The van der Waals surface area contributed by atoms with Gasteiger partial charge >= 0.3 is 11.9 Å². The van der Waals surface area contributed by atoms with E-state index in [4.69, 9.17) is 5.11 Å². The minimum Gasteiger partial charge on any atom is -0.481 e. The predicted molar refractivity (Wildman–Crippen MR) is 74.2 cm³/mol. The highest BCUT2D eigenvalue weighted by molar-refractivity contribution is 5.74. The molecule has 5 nitrogen and oxygen atoms in total. The molecule has 0 heterocycles. The zero-order valence-corrected chi connectivity index (χ0v) is 12.3. The van der Waals surface area contributed by atoms with Crippen molar-refractivity contribution in [2.24, 2.45) is 5.92 Å². The second-order valence-corrected chi connectivity index (χ2v) is 5.08. The third kappa shape index (κ3) is 7.15. The normalized spacial score (nSPS) is 14.3. The number of carboxylic acid groups (broad SMARTS) is 2. The molecule has 0 amide bonds. The number of carbonyl (C=O) groups is 2. The van der Waals surface area contributed by atoms with Gasteiger partial charge in [-0.05, 0) is 19.4 Å². The lowest BCUT2D eigenvalue weighted by Crippen LogP contribution is -2.45. The average molecular weight is 273 g/mol. The molecule has 112 valence electrons. The van der Waals surface area contributed by atoms with E-state index in [1.54, 1.807) is 6.92 Å². The van der Waals surface area contributed by atoms with Gasteiger partial charge in [-0.3, -0.25) is 14.5 Å². The van der Waals surface area contributed by atoms with Crippen LogP contribution in [0.15, 0.2) is 0 Å². The van der Waals surface area contributed by atoms with Gasteiger partial charge in [0.25, 0.3) is 0 Å². The average Bonchev–Trinajstić information content (AvgIpc) is 2.35. The molecule has 2 unspecified atom stereocenters. The first-order valence-corrected chi connectivity index (χ1v) is 7.13. The van der Waals surface area contributed by atoms with Gasteiger partial charge in [-0.25, -0.2) is 0 Å². The van der Waals surface area contributed by atoms with Crippen LogP contribution in [0.3, 0.4) is 0 Å². The maximum Gasteiger partial charge on any atom is 0.320 e. The lowest BCUT2D eigenvalue weighted by molar-refractivity contribution is -0.147. The largest absolute Gasteiger partial charge is 0.481 e. The Morgan fingerprint density at radius 1 is 1.05 bits per heavy atom. The lowest BCUT2D eigenvalue weighted by atomic mass is 10.0. The molecule has 0 fully saturated rings. The van der Waals surface area contributed by atoms with Crippen LogP contribution in [0.4, 0.5) is 0 Å². The summed E-state index contributed by atoms with van der Waals surface area (Å²) in [7, 11) is 0. The van der Waals surface area contributed by atoms with Crippen LogP contribution < -0.4 is 0 Å². The van der Waals surface area contributed by atoms with Crippen LogP contribution in [0.5, 0.6) is 0 Å². The van der Waals surface area contributed by atoms with Crippen molar-refractivity contribution in [2.45, 2.75) is 58.9 Å². The number of unbranched alkanes of at least 4 members (excludes halogenated alkanes) is 2. The molecule has 19 heavy (non-hydrogen) atoms. The van der Waals surface area contributed by atoms with Crippen LogP contribution in [-0.4, -0.2) is 46.2 Å². The Balaban J connectivity index is 4.73. The zero-order chi connectivity index (χ0) is 14.8. The molecule has 0 bridgehead atoms. The highest BCUT2D eigenvalue weighted by Gasteiger charge is 2.27. The van der Waals surface area contributed by atoms with Crippen molar-refractivity contribution >= 4 is 11.9 Å². The topological polar surface area (TPSA) is 77.8 Å². The van der Waals surface area contributed by atoms with Crippen LogP contribution in [0.1, 0.15) is 52.9 Å². The van der Waals surface area contributed by atoms with Gasteiger partial charge < -0.3 is 10.2 Å². The second kappa shape index (κ2) is 9.78. The molecule has 0 aliphatic carbocycles. The Labute approximate surface area is 115 Å². The first kappa shape index (κ1) is 17.9. The Hall–Kier alpha value is -1.10. The Morgan fingerprint density at radius 3 is 2.05 bits per heavy atom. The zero-order valence-electron chi connectivity index (χ0n) is 12.3. The van der Waals surface area contributed by atoms with E-state index in [0.29, 0.717) is 19.5 Å². The van der Waals surface area contributed by atoms with E-state index in [2.05, 4.69) is 0 Å². The van der Waals surface area contributed by atoms with Gasteiger partial charge in [-0.2, -0.15) is 0 Å². The molecule has 0 saturated carbocycles. The van der Waals surface area contributed by atoms with Crippen molar-refractivity contribution in [3.63, 3.8) is 0 Å². The molecule has 5 heteroatoms. The van der Waals surface area contributed by atoms with E-state index in [1.807, 2.05) is 18.7 Å². The maximum atomic E-state index is 11.4. The second-order valence-electron chi connectivity index (χ2n) is 5.08. The van der Waals surface area contributed by atoms with E-state index >= 15 is 0 Å². The molecule has 0 aromatic heterocycles. The molecule has 0 rings (SSSR count). The van der Waals surface area contributed by atoms with Gasteiger partial charge in [0.1, 0.15) is 6.04 Å². The fraction of sp³-hybridized carbons (Fsp3) is 0.857. The minimum absolute atomic E-state index is 0.302. The summed E-state index contributed by atoms with van der Waals surface area (Å²) >= 11 is 0. The fourth-order valence-electron chi connectivity index (χ4n) is 2.03. The van der Waals surface area contributed by atoms with Crippen molar-refractivity contribution < 1.29 is 19.8 Å². The highest BCUT2D eigenvalue weighted by Crippen LogP contribution is 2.13. The van der Waals surface area contributed by atoms with E-state index in [9.17, 15) is 14.7 Å². The number of carboxylic acids is 2. The van der Waals surface area contributed by atoms with Gasteiger partial charge in [-0.1, -0.05) is 40.0 Å². The molecule has 0 aliphatic rings. The van der Waals surface area contributed by atoms with Crippen LogP contribution in [0.25, 0.3) is 0 Å². The minimum atomic E-state index is -0.874. The lowest BCUT2D eigenvalue weighted by Gasteiger charge is -2.30. The Kier molecular flexibility index (Phi) is 9.21. The third-order valence-corrected chi connectivity index (χ3v) is 3.29. The summed E-state index contributed by atoms with van der Waals surface area (Å²) < 4.78 is 0. The number of hydrogen-bond acceptors (Lipinski definition) is 3. The van der Waals surface area contributed by atoms with Gasteiger partial charge in [0.15, 0.2) is 0 Å². The molecule has 0 aromatic carbocycles. The van der Waals surface area contributed by atoms with Crippen molar-refractivity contribution in [2.75, 3.05) is 13.1 Å². The predicted octanol–water partition coefficient (Wildman–Crippen LogP) is 2.45. The van der Waals surface area contributed by atoms with E-state index < -0.39 is 23.9 Å². The fourth-order valence-corrected chi connectivity index (χ4v) is 2.03. The van der Waals surface area contributed by atoms with Crippen molar-refractivity contribution in [1.29, 1.82) is 0 Å². The molecule has 0 aliphatic heterocycles. The Morgan fingerprint density at radius 2 is 1.63 bits per heavy atom. The molecule has 0 spiro atoms. The number of rotatable bonds is 11. The summed E-state index contributed by atoms with van der Waals surface area (Å²) in [4.78, 5) is 24.1. The quantitative estimate of drug-likeness (QED) is 0.604. The first-order chi connectivity index (χ1) is 8.93.